The Kier molecular flexibility index (Phi) is 2.80. The maximum atomic E-state index is 11.9. The van der Waals surface area contributed by atoms with E-state index in [0.717, 1.165) is 0 Å². The number of amides is 2. The Morgan fingerprint density at radius 2 is 2.06 bits per heavy atom. The van der Waals surface area contributed by atoms with Gasteiger partial charge in [0, 0.05) is 26.1 Å². The Hall–Kier alpha value is -1.59. The second kappa shape index (κ2) is 4.11. The van der Waals surface area contributed by atoms with Crippen LogP contribution < -0.4 is 5.32 Å². The van der Waals surface area contributed by atoms with E-state index >= 15 is 0 Å². The summed E-state index contributed by atoms with van der Waals surface area (Å²) in [5.74, 6) is -1.96. The van der Waals surface area contributed by atoms with Gasteiger partial charge >= 0.3 is 5.97 Å². The van der Waals surface area contributed by atoms with Gasteiger partial charge in [0.25, 0.3) is 0 Å². The minimum Gasteiger partial charge on any atom is -0.481 e. The lowest BCUT2D eigenvalue weighted by Gasteiger charge is -2.19. The van der Waals surface area contributed by atoms with Crippen LogP contribution in [0.4, 0.5) is 0 Å². The number of carbonyl (C=O) groups is 3. The second-order valence-electron chi connectivity index (χ2n) is 4.21. The molecular formula is C10H14N2O4. The molecule has 6 heteroatoms. The summed E-state index contributed by atoms with van der Waals surface area (Å²) >= 11 is 0. The highest BCUT2D eigenvalue weighted by atomic mass is 16.4. The standard InChI is InChI=1S/C10H14N2O4/c13-8-1-3-12(4-2-11-8)9(14)6-5-7(6)10(15)16/h6-7H,1-5H2,(H,11,13)(H,15,16). The first-order valence-electron chi connectivity index (χ1n) is 5.38. The molecule has 0 aromatic heterocycles. The Morgan fingerprint density at radius 3 is 2.69 bits per heavy atom. The van der Waals surface area contributed by atoms with E-state index in [1.165, 1.54) is 0 Å². The first-order chi connectivity index (χ1) is 7.59. The highest BCUT2D eigenvalue weighted by molar-refractivity contribution is 5.90. The van der Waals surface area contributed by atoms with E-state index in [0.29, 0.717) is 32.5 Å². The predicted molar refractivity (Wildman–Crippen MR) is 53.4 cm³/mol. The number of hydrogen-bond donors (Lipinski definition) is 2. The second-order valence-corrected chi connectivity index (χ2v) is 4.21. The summed E-state index contributed by atoms with van der Waals surface area (Å²) in [7, 11) is 0. The van der Waals surface area contributed by atoms with Crippen molar-refractivity contribution in [1.82, 2.24) is 10.2 Å². The zero-order valence-electron chi connectivity index (χ0n) is 8.81. The normalized spacial score (nSPS) is 29.2. The first-order valence-corrected chi connectivity index (χ1v) is 5.38. The van der Waals surface area contributed by atoms with Crippen LogP contribution in [-0.2, 0) is 14.4 Å². The lowest BCUT2D eigenvalue weighted by atomic mass is 10.2. The van der Waals surface area contributed by atoms with Gasteiger partial charge in [0.15, 0.2) is 0 Å². The average Bonchev–Trinajstić information content (AvgIpc) is 3.00. The SMILES string of the molecule is O=C1CCN(C(=O)C2CC2C(=O)O)CCN1. The minimum atomic E-state index is -0.901. The van der Waals surface area contributed by atoms with Gasteiger partial charge in [-0.1, -0.05) is 0 Å². The fraction of sp³-hybridized carbons (Fsp3) is 0.700. The lowest BCUT2D eigenvalue weighted by Crippen LogP contribution is -2.36. The van der Waals surface area contributed by atoms with Gasteiger partial charge in [-0.3, -0.25) is 14.4 Å². The van der Waals surface area contributed by atoms with E-state index in [4.69, 9.17) is 5.11 Å². The number of rotatable bonds is 2. The van der Waals surface area contributed by atoms with Crippen molar-refractivity contribution in [1.29, 1.82) is 0 Å². The van der Waals surface area contributed by atoms with Crippen molar-refractivity contribution in [2.45, 2.75) is 12.8 Å². The molecule has 0 spiro atoms. The Morgan fingerprint density at radius 1 is 1.31 bits per heavy atom. The Balaban J connectivity index is 1.90. The van der Waals surface area contributed by atoms with Crippen molar-refractivity contribution in [3.8, 4) is 0 Å². The number of carboxylic acid groups (broad SMARTS) is 1. The molecule has 2 unspecified atom stereocenters. The predicted octanol–water partition coefficient (Wildman–Crippen LogP) is -0.944. The zero-order chi connectivity index (χ0) is 11.7. The van der Waals surface area contributed by atoms with E-state index in [9.17, 15) is 14.4 Å². The van der Waals surface area contributed by atoms with Gasteiger partial charge in [0.2, 0.25) is 11.8 Å². The highest BCUT2D eigenvalue weighted by Gasteiger charge is 2.49. The molecule has 0 aromatic rings. The fourth-order valence-electron chi connectivity index (χ4n) is 1.96. The lowest BCUT2D eigenvalue weighted by molar-refractivity contribution is -0.142. The van der Waals surface area contributed by atoms with Crippen molar-refractivity contribution in [2.24, 2.45) is 11.8 Å². The fourth-order valence-corrected chi connectivity index (χ4v) is 1.96. The molecule has 6 nitrogen and oxygen atoms in total. The molecule has 0 aromatic carbocycles. The Bertz CT molecular complexity index is 342. The smallest absolute Gasteiger partial charge is 0.307 e. The molecule has 0 radical (unpaired) electrons. The molecule has 0 bridgehead atoms. The van der Waals surface area contributed by atoms with Gasteiger partial charge in [0.05, 0.1) is 11.8 Å². The number of nitrogens with one attached hydrogen (secondary N) is 1. The summed E-state index contributed by atoms with van der Waals surface area (Å²) in [5, 5.41) is 11.4. The molecule has 2 N–H and O–H groups in total. The van der Waals surface area contributed by atoms with E-state index < -0.39 is 11.9 Å². The number of aliphatic carboxylic acids is 1. The van der Waals surface area contributed by atoms with Crippen molar-refractivity contribution in [2.75, 3.05) is 19.6 Å². The summed E-state index contributed by atoms with van der Waals surface area (Å²) in [6, 6.07) is 0. The molecule has 2 atom stereocenters. The van der Waals surface area contributed by atoms with Crippen LogP contribution in [0.1, 0.15) is 12.8 Å². The van der Waals surface area contributed by atoms with Crippen LogP contribution in [-0.4, -0.2) is 47.4 Å². The zero-order valence-corrected chi connectivity index (χ0v) is 8.81. The number of carbonyl (C=O) groups excluding carboxylic acids is 2. The van der Waals surface area contributed by atoms with Crippen LogP contribution in [0.3, 0.4) is 0 Å². The molecule has 2 amide bonds. The molecule has 1 saturated carbocycles. The summed E-state index contributed by atoms with van der Waals surface area (Å²) < 4.78 is 0. The molecule has 1 aliphatic carbocycles. The van der Waals surface area contributed by atoms with Crippen LogP contribution in [0.15, 0.2) is 0 Å². The maximum Gasteiger partial charge on any atom is 0.307 e. The van der Waals surface area contributed by atoms with Gasteiger partial charge in [0.1, 0.15) is 0 Å². The van der Waals surface area contributed by atoms with E-state index in [1.807, 2.05) is 0 Å². The molecular weight excluding hydrogens is 212 g/mol. The minimum absolute atomic E-state index is 0.0547. The maximum absolute atomic E-state index is 11.9. The van der Waals surface area contributed by atoms with Gasteiger partial charge in [-0.15, -0.1) is 0 Å². The third-order valence-electron chi connectivity index (χ3n) is 3.05. The third kappa shape index (κ3) is 2.15. The molecule has 16 heavy (non-hydrogen) atoms. The number of hydrogen-bond acceptors (Lipinski definition) is 3. The van der Waals surface area contributed by atoms with Crippen molar-refractivity contribution in [3.63, 3.8) is 0 Å². The van der Waals surface area contributed by atoms with Crippen molar-refractivity contribution < 1.29 is 19.5 Å². The highest BCUT2D eigenvalue weighted by Crippen LogP contribution is 2.40. The monoisotopic (exact) mass is 226 g/mol. The van der Waals surface area contributed by atoms with Crippen LogP contribution in [0.2, 0.25) is 0 Å². The molecule has 2 rings (SSSR count). The molecule has 1 heterocycles. The molecule has 2 aliphatic rings. The van der Waals surface area contributed by atoms with Crippen LogP contribution >= 0.6 is 0 Å². The Labute approximate surface area is 92.6 Å². The number of carboxylic acids is 1. The summed E-state index contributed by atoms with van der Waals surface area (Å²) in [5.41, 5.74) is 0. The van der Waals surface area contributed by atoms with Gasteiger partial charge in [-0.2, -0.15) is 0 Å². The first kappa shape index (κ1) is 10.9. The molecule has 1 aliphatic heterocycles. The summed E-state index contributed by atoms with van der Waals surface area (Å²) in [6.45, 7) is 1.33. The average molecular weight is 226 g/mol. The van der Waals surface area contributed by atoms with Crippen molar-refractivity contribution >= 4 is 17.8 Å². The largest absolute Gasteiger partial charge is 0.481 e. The van der Waals surface area contributed by atoms with E-state index in [-0.39, 0.29) is 17.7 Å². The van der Waals surface area contributed by atoms with Crippen LogP contribution in [0.5, 0.6) is 0 Å². The van der Waals surface area contributed by atoms with E-state index in [1.54, 1.807) is 4.90 Å². The van der Waals surface area contributed by atoms with Crippen molar-refractivity contribution in [3.05, 3.63) is 0 Å². The van der Waals surface area contributed by atoms with Gasteiger partial charge in [-0.25, -0.2) is 0 Å². The summed E-state index contributed by atoms with van der Waals surface area (Å²) in [6.07, 6.45) is 0.738. The van der Waals surface area contributed by atoms with E-state index in [2.05, 4.69) is 5.32 Å². The van der Waals surface area contributed by atoms with Gasteiger partial charge in [-0.05, 0) is 6.42 Å². The third-order valence-corrected chi connectivity index (χ3v) is 3.05. The molecule has 88 valence electrons. The molecule has 1 saturated heterocycles. The number of nitrogens with zero attached hydrogens (tertiary/aromatic N) is 1. The molecule has 2 fully saturated rings. The quantitative estimate of drug-likeness (QED) is 0.636. The topological polar surface area (TPSA) is 86.7 Å². The van der Waals surface area contributed by atoms with Gasteiger partial charge < -0.3 is 15.3 Å². The summed E-state index contributed by atoms with van der Waals surface area (Å²) in [4.78, 5) is 35.2. The van der Waals surface area contributed by atoms with Crippen LogP contribution in [0, 0.1) is 11.8 Å². The van der Waals surface area contributed by atoms with Crippen LogP contribution in [0.25, 0.3) is 0 Å².